The number of allylic oxidation sites excluding steroid dienone is 4. The number of fused-ring (bicyclic) bond motifs is 1. The molecule has 0 N–H and O–H groups in total. The standard InChI is InChI=1S/C19H10Cl4/c20-16-14-10-5-6-11(15(14)17(21)19(23)18(16)22)13-9-4-2-1-3-8(9)7-12(10)13/h1-6,10-11H,7H2. The average molecular weight is 380 g/mol. The molecule has 2 bridgehead atoms. The van der Waals surface area contributed by atoms with Gasteiger partial charge in [-0.2, -0.15) is 0 Å². The van der Waals surface area contributed by atoms with Gasteiger partial charge in [-0.15, -0.1) is 0 Å². The fraction of sp³-hybridized carbons (Fsp3) is 0.158. The van der Waals surface area contributed by atoms with Crippen molar-refractivity contribution in [1.82, 2.24) is 0 Å². The summed E-state index contributed by atoms with van der Waals surface area (Å²) >= 11 is 25.7. The molecule has 2 aromatic rings. The van der Waals surface area contributed by atoms with Crippen molar-refractivity contribution < 1.29 is 0 Å². The van der Waals surface area contributed by atoms with E-state index >= 15 is 0 Å². The average Bonchev–Trinajstić information content (AvgIpc) is 2.98. The van der Waals surface area contributed by atoms with Crippen LogP contribution in [0.5, 0.6) is 0 Å². The van der Waals surface area contributed by atoms with E-state index < -0.39 is 0 Å². The molecule has 0 spiro atoms. The van der Waals surface area contributed by atoms with Gasteiger partial charge < -0.3 is 0 Å². The lowest BCUT2D eigenvalue weighted by Gasteiger charge is -2.37. The molecule has 0 nitrogen and oxygen atoms in total. The molecular formula is C19H10Cl4. The van der Waals surface area contributed by atoms with Gasteiger partial charge in [0.25, 0.3) is 0 Å². The van der Waals surface area contributed by atoms with Gasteiger partial charge in [-0.05, 0) is 39.8 Å². The number of hydrogen-bond acceptors (Lipinski definition) is 0. The minimum Gasteiger partial charge on any atom is -0.0823 e. The van der Waals surface area contributed by atoms with Crippen molar-refractivity contribution in [3.63, 3.8) is 0 Å². The van der Waals surface area contributed by atoms with Crippen LogP contribution in [0.15, 0.2) is 42.0 Å². The first kappa shape index (κ1) is 14.4. The summed E-state index contributed by atoms with van der Waals surface area (Å²) in [5, 5.41) is 1.78. The van der Waals surface area contributed by atoms with Crippen LogP contribution in [0.4, 0.5) is 0 Å². The van der Waals surface area contributed by atoms with E-state index in [0.717, 1.165) is 17.5 Å². The summed E-state index contributed by atoms with van der Waals surface area (Å²) in [7, 11) is 0. The molecule has 23 heavy (non-hydrogen) atoms. The van der Waals surface area contributed by atoms with Gasteiger partial charge in [0.15, 0.2) is 0 Å². The highest BCUT2D eigenvalue weighted by Gasteiger charge is 2.43. The van der Waals surface area contributed by atoms with E-state index in [2.05, 4.69) is 36.4 Å². The van der Waals surface area contributed by atoms with E-state index in [-0.39, 0.29) is 11.8 Å². The predicted molar refractivity (Wildman–Crippen MR) is 98.2 cm³/mol. The molecule has 0 aromatic heterocycles. The highest BCUT2D eigenvalue weighted by molar-refractivity contribution is 6.52. The summed E-state index contributed by atoms with van der Waals surface area (Å²) < 4.78 is 0. The monoisotopic (exact) mass is 378 g/mol. The van der Waals surface area contributed by atoms with Crippen molar-refractivity contribution in [2.75, 3.05) is 0 Å². The third kappa shape index (κ3) is 1.71. The van der Waals surface area contributed by atoms with Gasteiger partial charge in [-0.3, -0.25) is 0 Å². The Morgan fingerprint density at radius 2 is 1.35 bits per heavy atom. The Kier molecular flexibility index (Phi) is 3.01. The molecule has 0 fully saturated rings. The second-order valence-electron chi connectivity index (χ2n) is 6.20. The number of benzene rings is 2. The number of rotatable bonds is 0. The summed E-state index contributed by atoms with van der Waals surface area (Å²) in [6.07, 6.45) is 5.41. The maximum Gasteiger partial charge on any atom is 0.0797 e. The summed E-state index contributed by atoms with van der Waals surface area (Å²) in [5.41, 5.74) is 7.54. The minimum atomic E-state index is 0.105. The normalized spacial score (nSPS) is 23.1. The zero-order chi connectivity index (χ0) is 15.9. The van der Waals surface area contributed by atoms with Crippen LogP contribution in [0.3, 0.4) is 0 Å². The lowest BCUT2D eigenvalue weighted by Crippen LogP contribution is -2.20. The van der Waals surface area contributed by atoms with Crippen LogP contribution < -0.4 is 0 Å². The first-order chi connectivity index (χ1) is 11.1. The highest BCUT2D eigenvalue weighted by Crippen LogP contribution is 2.61. The maximum atomic E-state index is 6.57. The van der Waals surface area contributed by atoms with E-state index in [4.69, 9.17) is 46.4 Å². The van der Waals surface area contributed by atoms with Crippen molar-refractivity contribution in [2.24, 2.45) is 0 Å². The summed E-state index contributed by atoms with van der Waals surface area (Å²) in [5.74, 6) is 0.241. The molecule has 4 aliphatic rings. The van der Waals surface area contributed by atoms with E-state index in [1.807, 2.05) is 0 Å². The zero-order valence-corrected chi connectivity index (χ0v) is 14.9. The summed E-state index contributed by atoms with van der Waals surface area (Å²) in [4.78, 5) is 0. The topological polar surface area (TPSA) is 0 Å². The van der Waals surface area contributed by atoms with E-state index in [0.29, 0.717) is 20.1 Å². The molecule has 6 rings (SSSR count). The van der Waals surface area contributed by atoms with Crippen molar-refractivity contribution in [3.05, 3.63) is 84.3 Å². The van der Waals surface area contributed by atoms with Gasteiger partial charge >= 0.3 is 0 Å². The minimum absolute atomic E-state index is 0.105. The van der Waals surface area contributed by atoms with Crippen LogP contribution in [-0.2, 0) is 6.42 Å². The molecule has 0 saturated carbocycles. The quantitative estimate of drug-likeness (QED) is 0.261. The Hall–Kier alpha value is -0.920. The predicted octanol–water partition coefficient (Wildman–Crippen LogP) is 7.06. The molecule has 0 amide bonds. The van der Waals surface area contributed by atoms with Crippen molar-refractivity contribution in [3.8, 4) is 0 Å². The Morgan fingerprint density at radius 3 is 2.09 bits per heavy atom. The lowest BCUT2D eigenvalue weighted by atomic mass is 9.68. The number of halogens is 4. The van der Waals surface area contributed by atoms with Crippen molar-refractivity contribution >= 4 is 52.0 Å². The molecular weight excluding hydrogens is 370 g/mol. The third-order valence-corrected chi connectivity index (χ3v) is 7.01. The Labute approximate surface area is 154 Å². The molecule has 2 unspecified atom stereocenters. The largest absolute Gasteiger partial charge is 0.0823 e. The SMILES string of the molecule is Clc1c(Cl)c(Cl)c2c(c1Cl)C1C=CC2C2=C1Cc1ccccc12. The third-order valence-electron chi connectivity index (χ3n) is 5.18. The van der Waals surface area contributed by atoms with Gasteiger partial charge in [0.05, 0.1) is 20.1 Å². The van der Waals surface area contributed by atoms with Gasteiger partial charge in [-0.1, -0.05) is 82.8 Å². The first-order valence-corrected chi connectivity index (χ1v) is 8.96. The molecule has 0 aliphatic heterocycles. The maximum absolute atomic E-state index is 6.57. The number of hydrogen-bond donors (Lipinski definition) is 0. The molecule has 2 atom stereocenters. The van der Waals surface area contributed by atoms with Crippen LogP contribution >= 0.6 is 46.4 Å². The van der Waals surface area contributed by atoms with E-state index in [1.165, 1.54) is 22.3 Å². The van der Waals surface area contributed by atoms with Crippen molar-refractivity contribution in [2.45, 2.75) is 18.3 Å². The molecule has 0 heterocycles. The fourth-order valence-electron chi connectivity index (χ4n) is 4.27. The summed E-state index contributed by atoms with van der Waals surface area (Å²) in [6.45, 7) is 0. The molecule has 4 heteroatoms. The Morgan fingerprint density at radius 1 is 0.739 bits per heavy atom. The molecule has 0 saturated heterocycles. The Balaban J connectivity index is 1.83. The smallest absolute Gasteiger partial charge is 0.0797 e. The summed E-state index contributed by atoms with van der Waals surface area (Å²) in [6, 6.07) is 8.57. The lowest BCUT2D eigenvalue weighted by molar-refractivity contribution is 0.835. The second kappa shape index (κ2) is 4.80. The molecule has 114 valence electrons. The van der Waals surface area contributed by atoms with Crippen LogP contribution in [0, 0.1) is 0 Å². The van der Waals surface area contributed by atoms with Crippen LogP contribution in [0.2, 0.25) is 20.1 Å². The Bertz CT molecular complexity index is 952. The van der Waals surface area contributed by atoms with Gasteiger partial charge in [0.1, 0.15) is 0 Å². The van der Waals surface area contributed by atoms with E-state index in [9.17, 15) is 0 Å². The van der Waals surface area contributed by atoms with Crippen molar-refractivity contribution in [1.29, 1.82) is 0 Å². The zero-order valence-electron chi connectivity index (χ0n) is 11.8. The van der Waals surface area contributed by atoms with Gasteiger partial charge in [0, 0.05) is 11.8 Å². The first-order valence-electron chi connectivity index (χ1n) is 7.45. The molecule has 4 aliphatic carbocycles. The van der Waals surface area contributed by atoms with Gasteiger partial charge in [-0.25, -0.2) is 0 Å². The second-order valence-corrected chi connectivity index (χ2v) is 7.71. The van der Waals surface area contributed by atoms with Crippen LogP contribution in [-0.4, -0.2) is 0 Å². The molecule has 0 radical (unpaired) electrons. The highest BCUT2D eigenvalue weighted by atomic mass is 35.5. The fourth-order valence-corrected chi connectivity index (χ4v) is 5.39. The van der Waals surface area contributed by atoms with E-state index in [1.54, 1.807) is 0 Å². The van der Waals surface area contributed by atoms with Crippen LogP contribution in [0.25, 0.3) is 5.57 Å². The van der Waals surface area contributed by atoms with Gasteiger partial charge in [0.2, 0.25) is 0 Å². The van der Waals surface area contributed by atoms with Crippen LogP contribution in [0.1, 0.15) is 34.1 Å². The molecule has 2 aromatic carbocycles.